The van der Waals surface area contributed by atoms with Crippen molar-refractivity contribution in [2.24, 2.45) is 0 Å². The first-order chi connectivity index (χ1) is 9.43. The van der Waals surface area contributed by atoms with Gasteiger partial charge in [-0.2, -0.15) is 0 Å². The van der Waals surface area contributed by atoms with E-state index < -0.39 is 5.82 Å². The molecule has 0 saturated heterocycles. The molecule has 0 radical (unpaired) electrons. The van der Waals surface area contributed by atoms with E-state index in [-0.39, 0.29) is 30.8 Å². The molecule has 0 fully saturated rings. The lowest BCUT2D eigenvalue weighted by Crippen LogP contribution is -2.39. The smallest absolute Gasteiger partial charge is 0.238 e. The molecule has 1 aromatic carbocycles. The minimum absolute atomic E-state index is 0.00352. The minimum atomic E-state index is -0.505. The molecular weight excluding hydrogens is 261 g/mol. The topological polar surface area (TPSA) is 78.6 Å². The Morgan fingerprint density at radius 3 is 2.75 bits per heavy atom. The minimum Gasteiger partial charge on any atom is -0.396 e. The average Bonchev–Trinajstić information content (AvgIpc) is 2.38. The van der Waals surface area contributed by atoms with Gasteiger partial charge in [0.25, 0.3) is 0 Å². The number of amides is 1. The first-order valence-electron chi connectivity index (χ1n) is 6.63. The van der Waals surface area contributed by atoms with E-state index >= 15 is 0 Å². The number of benzene rings is 1. The monoisotopic (exact) mass is 283 g/mol. The predicted molar refractivity (Wildman–Crippen MR) is 77.9 cm³/mol. The maximum Gasteiger partial charge on any atom is 0.238 e. The maximum absolute atomic E-state index is 13.0. The second kappa shape index (κ2) is 7.81. The number of hydrogen-bond acceptors (Lipinski definition) is 4. The SMILES string of the molecule is CC(C)N(CCCO)CC(=O)Nc1ccc(F)c(N)c1. The molecule has 20 heavy (non-hydrogen) atoms. The van der Waals surface area contributed by atoms with Crippen LogP contribution >= 0.6 is 0 Å². The fraction of sp³-hybridized carbons (Fsp3) is 0.500. The fourth-order valence-electron chi connectivity index (χ4n) is 1.80. The van der Waals surface area contributed by atoms with E-state index in [1.807, 2.05) is 18.7 Å². The summed E-state index contributed by atoms with van der Waals surface area (Å²) in [4.78, 5) is 13.9. The van der Waals surface area contributed by atoms with Crippen LogP contribution < -0.4 is 11.1 Å². The van der Waals surface area contributed by atoms with Crippen LogP contribution in [0.3, 0.4) is 0 Å². The van der Waals surface area contributed by atoms with Gasteiger partial charge in [-0.25, -0.2) is 4.39 Å². The summed E-state index contributed by atoms with van der Waals surface area (Å²) in [5, 5.41) is 11.5. The highest BCUT2D eigenvalue weighted by Gasteiger charge is 2.14. The average molecular weight is 283 g/mol. The third kappa shape index (κ3) is 5.14. The van der Waals surface area contributed by atoms with Crippen LogP contribution in [0.15, 0.2) is 18.2 Å². The summed E-state index contributed by atoms with van der Waals surface area (Å²) in [6.45, 7) is 4.93. The molecule has 0 unspecified atom stereocenters. The van der Waals surface area contributed by atoms with Gasteiger partial charge in [-0.1, -0.05) is 0 Å². The zero-order valence-corrected chi connectivity index (χ0v) is 11.9. The Kier molecular flexibility index (Phi) is 6.41. The van der Waals surface area contributed by atoms with Crippen LogP contribution in [-0.2, 0) is 4.79 Å². The number of aliphatic hydroxyl groups excluding tert-OH is 1. The van der Waals surface area contributed by atoms with Crippen LogP contribution in [0.1, 0.15) is 20.3 Å². The van der Waals surface area contributed by atoms with Crippen LogP contribution in [0.25, 0.3) is 0 Å². The number of hydrogen-bond donors (Lipinski definition) is 3. The fourth-order valence-corrected chi connectivity index (χ4v) is 1.80. The highest BCUT2D eigenvalue weighted by molar-refractivity contribution is 5.92. The molecule has 5 nitrogen and oxygen atoms in total. The summed E-state index contributed by atoms with van der Waals surface area (Å²) in [6.07, 6.45) is 0.620. The molecule has 0 spiro atoms. The normalized spacial score (nSPS) is 11.1. The van der Waals surface area contributed by atoms with Crippen molar-refractivity contribution in [2.75, 3.05) is 30.7 Å². The molecule has 6 heteroatoms. The Morgan fingerprint density at radius 1 is 1.50 bits per heavy atom. The van der Waals surface area contributed by atoms with Crippen molar-refractivity contribution in [3.05, 3.63) is 24.0 Å². The van der Waals surface area contributed by atoms with E-state index in [2.05, 4.69) is 5.32 Å². The summed E-state index contributed by atoms with van der Waals surface area (Å²) >= 11 is 0. The second-order valence-corrected chi connectivity index (χ2v) is 4.93. The van der Waals surface area contributed by atoms with E-state index in [1.165, 1.54) is 18.2 Å². The second-order valence-electron chi connectivity index (χ2n) is 4.93. The van der Waals surface area contributed by atoms with Gasteiger partial charge in [0, 0.05) is 24.9 Å². The first kappa shape index (κ1) is 16.4. The Bertz CT molecular complexity index is 452. The summed E-state index contributed by atoms with van der Waals surface area (Å²) < 4.78 is 13.0. The molecule has 1 aromatic rings. The molecule has 1 amide bonds. The third-order valence-corrected chi connectivity index (χ3v) is 2.96. The van der Waals surface area contributed by atoms with Crippen LogP contribution in [-0.4, -0.2) is 41.7 Å². The number of nitrogens with two attached hydrogens (primary N) is 1. The van der Waals surface area contributed by atoms with Gasteiger partial charge in [-0.15, -0.1) is 0 Å². The number of rotatable bonds is 7. The van der Waals surface area contributed by atoms with E-state index in [4.69, 9.17) is 10.8 Å². The summed E-state index contributed by atoms with van der Waals surface area (Å²) in [6, 6.07) is 4.28. The van der Waals surface area contributed by atoms with Gasteiger partial charge in [0.2, 0.25) is 5.91 Å². The summed E-state index contributed by atoms with van der Waals surface area (Å²) in [7, 11) is 0. The molecule has 4 N–H and O–H groups in total. The van der Waals surface area contributed by atoms with Crippen LogP contribution in [0.5, 0.6) is 0 Å². The largest absolute Gasteiger partial charge is 0.396 e. The van der Waals surface area contributed by atoms with Gasteiger partial charge in [-0.05, 0) is 38.5 Å². The molecule has 1 rings (SSSR count). The van der Waals surface area contributed by atoms with Gasteiger partial charge in [0.1, 0.15) is 5.82 Å². The molecule has 0 aliphatic heterocycles. The molecule has 0 atom stereocenters. The Hall–Kier alpha value is -1.66. The zero-order valence-electron chi connectivity index (χ0n) is 11.9. The van der Waals surface area contributed by atoms with Crippen LogP contribution in [0, 0.1) is 5.82 Å². The lowest BCUT2D eigenvalue weighted by molar-refractivity contribution is -0.117. The number of carbonyl (C=O) groups is 1. The van der Waals surface area contributed by atoms with Crippen molar-refractivity contribution in [3.8, 4) is 0 Å². The van der Waals surface area contributed by atoms with Crippen molar-refractivity contribution >= 4 is 17.3 Å². The van der Waals surface area contributed by atoms with Gasteiger partial charge >= 0.3 is 0 Å². The molecule has 0 heterocycles. The molecule has 0 bridgehead atoms. The Balaban J connectivity index is 2.58. The van der Waals surface area contributed by atoms with E-state index in [9.17, 15) is 9.18 Å². The third-order valence-electron chi connectivity index (χ3n) is 2.96. The van der Waals surface area contributed by atoms with Crippen LogP contribution in [0.2, 0.25) is 0 Å². The molecule has 0 aliphatic carbocycles. The van der Waals surface area contributed by atoms with Crippen molar-refractivity contribution in [1.82, 2.24) is 4.90 Å². The number of nitrogens with zero attached hydrogens (tertiary/aromatic N) is 1. The first-order valence-corrected chi connectivity index (χ1v) is 6.63. The van der Waals surface area contributed by atoms with Gasteiger partial charge in [0.15, 0.2) is 0 Å². The van der Waals surface area contributed by atoms with Crippen molar-refractivity contribution in [3.63, 3.8) is 0 Å². The van der Waals surface area contributed by atoms with Gasteiger partial charge in [-0.3, -0.25) is 9.69 Å². The summed E-state index contributed by atoms with van der Waals surface area (Å²) in [5.41, 5.74) is 5.92. The predicted octanol–water partition coefficient (Wildman–Crippen LogP) is 1.44. The number of nitrogens with one attached hydrogen (secondary N) is 1. The quantitative estimate of drug-likeness (QED) is 0.662. The lowest BCUT2D eigenvalue weighted by atomic mass is 10.2. The van der Waals surface area contributed by atoms with Crippen molar-refractivity contribution in [1.29, 1.82) is 0 Å². The standard InChI is InChI=1S/C14H22FN3O2/c1-10(2)18(6-3-7-19)9-14(20)17-11-4-5-12(15)13(16)8-11/h4-5,8,10,19H,3,6-7,9,16H2,1-2H3,(H,17,20). The van der Waals surface area contributed by atoms with E-state index in [0.29, 0.717) is 18.7 Å². The molecule has 0 saturated carbocycles. The molecule has 0 aromatic heterocycles. The number of carbonyl (C=O) groups excluding carboxylic acids is 1. The van der Waals surface area contributed by atoms with Crippen LogP contribution in [0.4, 0.5) is 15.8 Å². The number of anilines is 2. The maximum atomic E-state index is 13.0. The van der Waals surface area contributed by atoms with E-state index in [0.717, 1.165) is 0 Å². The Morgan fingerprint density at radius 2 is 2.20 bits per heavy atom. The zero-order chi connectivity index (χ0) is 15.1. The molecular formula is C14H22FN3O2. The molecule has 0 aliphatic rings. The number of aliphatic hydroxyl groups is 1. The summed E-state index contributed by atoms with van der Waals surface area (Å²) in [5.74, 6) is -0.697. The van der Waals surface area contributed by atoms with Crippen molar-refractivity contribution in [2.45, 2.75) is 26.3 Å². The van der Waals surface area contributed by atoms with Crippen molar-refractivity contribution < 1.29 is 14.3 Å². The Labute approximate surface area is 118 Å². The number of nitrogen functional groups attached to an aromatic ring is 1. The highest BCUT2D eigenvalue weighted by atomic mass is 19.1. The lowest BCUT2D eigenvalue weighted by Gasteiger charge is -2.25. The van der Waals surface area contributed by atoms with Gasteiger partial charge in [0.05, 0.1) is 12.2 Å². The van der Waals surface area contributed by atoms with E-state index in [1.54, 1.807) is 0 Å². The highest BCUT2D eigenvalue weighted by Crippen LogP contribution is 2.16. The van der Waals surface area contributed by atoms with Gasteiger partial charge < -0.3 is 16.2 Å². The molecule has 112 valence electrons. The number of halogens is 1.